The lowest BCUT2D eigenvalue weighted by Crippen LogP contribution is -2.50. The Balaban J connectivity index is 1.48. The van der Waals surface area contributed by atoms with E-state index in [1.54, 1.807) is 24.7 Å². The average Bonchev–Trinajstić information content (AvgIpc) is 2.62. The molecular weight excluding hydrogens is 304 g/mol. The summed E-state index contributed by atoms with van der Waals surface area (Å²) in [7, 11) is 0. The number of carbonyl (C=O) groups is 1. The fraction of sp³-hybridized carbons (Fsp3) is 0.412. The lowest BCUT2D eigenvalue weighted by Gasteiger charge is -2.33. The molecule has 3 rings (SSSR count). The second kappa shape index (κ2) is 7.72. The highest BCUT2D eigenvalue weighted by Crippen LogP contribution is 2.15. The van der Waals surface area contributed by atoms with Gasteiger partial charge in [0.15, 0.2) is 0 Å². The van der Waals surface area contributed by atoms with Crippen molar-refractivity contribution >= 4 is 12.0 Å². The molecule has 1 aliphatic rings. The molecule has 2 amide bonds. The average molecular weight is 326 g/mol. The summed E-state index contributed by atoms with van der Waals surface area (Å²) in [6.07, 6.45) is 7.22. The van der Waals surface area contributed by atoms with Crippen molar-refractivity contribution in [1.82, 2.24) is 25.6 Å². The lowest BCUT2D eigenvalue weighted by atomic mass is 10.1. The predicted octanol–water partition coefficient (Wildman–Crippen LogP) is 1.65. The third kappa shape index (κ3) is 4.41. The molecule has 1 aliphatic heterocycles. The normalized spacial score (nSPS) is 17.4. The molecule has 0 spiro atoms. The molecule has 126 valence electrons. The number of anilines is 1. The number of rotatable bonds is 4. The van der Waals surface area contributed by atoms with Crippen molar-refractivity contribution in [3.05, 3.63) is 48.0 Å². The molecule has 0 saturated carbocycles. The molecular formula is C17H22N6O. The second-order valence-corrected chi connectivity index (χ2v) is 5.97. The van der Waals surface area contributed by atoms with Crippen LogP contribution in [-0.2, 0) is 6.54 Å². The van der Waals surface area contributed by atoms with E-state index < -0.39 is 0 Å². The maximum atomic E-state index is 12.1. The van der Waals surface area contributed by atoms with Gasteiger partial charge in [0.05, 0.1) is 0 Å². The molecule has 2 aromatic rings. The summed E-state index contributed by atoms with van der Waals surface area (Å²) < 4.78 is 0. The van der Waals surface area contributed by atoms with Gasteiger partial charge in [-0.3, -0.25) is 4.98 Å². The molecule has 1 atom stereocenters. The van der Waals surface area contributed by atoms with Crippen molar-refractivity contribution in [1.29, 1.82) is 0 Å². The zero-order chi connectivity index (χ0) is 16.8. The van der Waals surface area contributed by atoms with Crippen LogP contribution in [0.15, 0.2) is 36.8 Å². The van der Waals surface area contributed by atoms with Crippen LogP contribution >= 0.6 is 0 Å². The maximum absolute atomic E-state index is 12.1. The van der Waals surface area contributed by atoms with Gasteiger partial charge in [0, 0.05) is 50.0 Å². The van der Waals surface area contributed by atoms with Gasteiger partial charge in [-0.25, -0.2) is 14.8 Å². The van der Waals surface area contributed by atoms with Gasteiger partial charge in [-0.1, -0.05) is 6.07 Å². The van der Waals surface area contributed by atoms with Crippen molar-refractivity contribution in [3.63, 3.8) is 0 Å². The first-order valence-corrected chi connectivity index (χ1v) is 8.18. The molecule has 1 fully saturated rings. The monoisotopic (exact) mass is 326 g/mol. The molecule has 0 bridgehead atoms. The topological polar surface area (TPSA) is 83.0 Å². The molecule has 2 N–H and O–H groups in total. The summed E-state index contributed by atoms with van der Waals surface area (Å²) in [4.78, 5) is 27.0. The Hall–Kier alpha value is -2.70. The molecule has 0 aliphatic carbocycles. The van der Waals surface area contributed by atoms with E-state index in [2.05, 4.69) is 30.5 Å². The van der Waals surface area contributed by atoms with E-state index in [0.29, 0.717) is 6.54 Å². The number of amides is 2. The Kier molecular flexibility index (Phi) is 5.20. The number of hydrogen-bond donors (Lipinski definition) is 2. The fourth-order valence-electron chi connectivity index (χ4n) is 2.75. The SMILES string of the molecule is Cc1ccc(CNC(=O)N[C@@H]2CCCN(c3ncccn3)C2)cn1. The highest BCUT2D eigenvalue weighted by Gasteiger charge is 2.22. The molecule has 0 unspecified atom stereocenters. The molecule has 3 heterocycles. The minimum Gasteiger partial charge on any atom is -0.339 e. The van der Waals surface area contributed by atoms with Crippen LogP contribution in [0.1, 0.15) is 24.1 Å². The van der Waals surface area contributed by atoms with Gasteiger partial charge in [0.1, 0.15) is 0 Å². The Bertz CT molecular complexity index is 661. The van der Waals surface area contributed by atoms with Gasteiger partial charge in [-0.15, -0.1) is 0 Å². The summed E-state index contributed by atoms with van der Waals surface area (Å²) in [6.45, 7) is 4.05. The van der Waals surface area contributed by atoms with Crippen LogP contribution < -0.4 is 15.5 Å². The third-order valence-electron chi connectivity index (χ3n) is 4.02. The fourth-order valence-corrected chi connectivity index (χ4v) is 2.75. The van der Waals surface area contributed by atoms with Crippen molar-refractivity contribution in [2.75, 3.05) is 18.0 Å². The summed E-state index contributed by atoms with van der Waals surface area (Å²) in [5.74, 6) is 0.718. The summed E-state index contributed by atoms with van der Waals surface area (Å²) >= 11 is 0. The molecule has 0 aromatic carbocycles. The van der Waals surface area contributed by atoms with Gasteiger partial charge in [-0.2, -0.15) is 0 Å². The first kappa shape index (κ1) is 16.2. The van der Waals surface area contributed by atoms with Crippen molar-refractivity contribution in [3.8, 4) is 0 Å². The van der Waals surface area contributed by atoms with Crippen molar-refractivity contribution in [2.45, 2.75) is 32.4 Å². The van der Waals surface area contributed by atoms with Gasteiger partial charge < -0.3 is 15.5 Å². The first-order valence-electron chi connectivity index (χ1n) is 8.18. The number of nitrogens with zero attached hydrogens (tertiary/aromatic N) is 4. The van der Waals surface area contributed by atoms with E-state index >= 15 is 0 Å². The number of aromatic nitrogens is 3. The highest BCUT2D eigenvalue weighted by molar-refractivity contribution is 5.74. The number of piperidine rings is 1. The predicted molar refractivity (Wildman–Crippen MR) is 91.6 cm³/mol. The van der Waals surface area contributed by atoms with Crippen LogP contribution in [0.25, 0.3) is 0 Å². The van der Waals surface area contributed by atoms with Crippen molar-refractivity contribution in [2.24, 2.45) is 0 Å². The van der Waals surface area contributed by atoms with Crippen LogP contribution in [0, 0.1) is 6.92 Å². The Labute approximate surface area is 141 Å². The van der Waals surface area contributed by atoms with Gasteiger partial charge in [0.2, 0.25) is 5.95 Å². The van der Waals surface area contributed by atoms with E-state index in [9.17, 15) is 4.79 Å². The standard InChI is InChI=1S/C17H22N6O/c1-13-5-6-14(10-20-13)11-21-17(24)22-15-4-2-9-23(12-15)16-18-7-3-8-19-16/h3,5-8,10,15H,2,4,9,11-12H2,1H3,(H2,21,22,24)/t15-/m1/s1. The van der Waals surface area contributed by atoms with Crippen LogP contribution in [0.5, 0.6) is 0 Å². The maximum Gasteiger partial charge on any atom is 0.315 e. The van der Waals surface area contributed by atoms with E-state index in [4.69, 9.17) is 0 Å². The van der Waals surface area contributed by atoms with E-state index in [-0.39, 0.29) is 12.1 Å². The zero-order valence-electron chi connectivity index (χ0n) is 13.8. The number of hydrogen-bond acceptors (Lipinski definition) is 5. The zero-order valence-corrected chi connectivity index (χ0v) is 13.8. The van der Waals surface area contributed by atoms with E-state index in [1.165, 1.54) is 0 Å². The Morgan fingerprint density at radius 2 is 2.12 bits per heavy atom. The molecule has 0 radical (unpaired) electrons. The third-order valence-corrected chi connectivity index (χ3v) is 4.02. The number of carbonyl (C=O) groups excluding carboxylic acids is 1. The van der Waals surface area contributed by atoms with E-state index in [0.717, 1.165) is 43.1 Å². The lowest BCUT2D eigenvalue weighted by molar-refractivity contribution is 0.234. The second-order valence-electron chi connectivity index (χ2n) is 5.97. The van der Waals surface area contributed by atoms with Gasteiger partial charge >= 0.3 is 6.03 Å². The number of pyridine rings is 1. The Morgan fingerprint density at radius 1 is 1.29 bits per heavy atom. The van der Waals surface area contributed by atoms with Crippen LogP contribution in [0.3, 0.4) is 0 Å². The number of aryl methyl sites for hydroxylation is 1. The van der Waals surface area contributed by atoms with Gasteiger partial charge in [0.25, 0.3) is 0 Å². The quantitative estimate of drug-likeness (QED) is 0.892. The Morgan fingerprint density at radius 3 is 2.88 bits per heavy atom. The molecule has 2 aromatic heterocycles. The minimum atomic E-state index is -0.156. The van der Waals surface area contributed by atoms with Gasteiger partial charge in [-0.05, 0) is 37.5 Å². The summed E-state index contributed by atoms with van der Waals surface area (Å²) in [6, 6.07) is 5.65. The minimum absolute atomic E-state index is 0.0960. The molecule has 7 nitrogen and oxygen atoms in total. The summed E-state index contributed by atoms with van der Waals surface area (Å²) in [5, 5.41) is 5.91. The van der Waals surface area contributed by atoms with Crippen LogP contribution in [0.2, 0.25) is 0 Å². The molecule has 24 heavy (non-hydrogen) atoms. The highest BCUT2D eigenvalue weighted by atomic mass is 16.2. The number of urea groups is 1. The van der Waals surface area contributed by atoms with Crippen LogP contribution in [-0.4, -0.2) is 40.1 Å². The summed E-state index contributed by atoms with van der Waals surface area (Å²) in [5.41, 5.74) is 1.95. The van der Waals surface area contributed by atoms with E-state index in [1.807, 2.05) is 19.1 Å². The molecule has 1 saturated heterocycles. The van der Waals surface area contributed by atoms with Crippen molar-refractivity contribution < 1.29 is 4.79 Å². The van der Waals surface area contributed by atoms with Crippen LogP contribution in [0.4, 0.5) is 10.7 Å². The largest absolute Gasteiger partial charge is 0.339 e. The molecule has 7 heteroatoms. The number of nitrogens with one attached hydrogen (secondary N) is 2. The smallest absolute Gasteiger partial charge is 0.315 e. The first-order chi connectivity index (χ1) is 11.7.